The maximum absolute atomic E-state index is 11.5. The Bertz CT molecular complexity index is 447. The fourth-order valence-electron chi connectivity index (χ4n) is 3.38. The summed E-state index contributed by atoms with van der Waals surface area (Å²) in [4.78, 5) is 18.4. The monoisotopic (exact) mass is 383 g/mol. The molecule has 2 heterocycles. The molecule has 2 aliphatic rings. The smallest absolute Gasteiger partial charge is 0.233 e. The number of guanidine groups is 1. The van der Waals surface area contributed by atoms with Crippen LogP contribution in [0.1, 0.15) is 39.0 Å². The summed E-state index contributed by atoms with van der Waals surface area (Å²) in [5.41, 5.74) is 0. The molecule has 2 saturated heterocycles. The molecule has 0 unspecified atom stereocenters. The third kappa shape index (κ3) is 8.90. The number of hydrogen-bond acceptors (Lipinski definition) is 5. The highest BCUT2D eigenvalue weighted by molar-refractivity contribution is 5.80. The average Bonchev–Trinajstić information content (AvgIpc) is 2.70. The first-order valence-electron chi connectivity index (χ1n) is 10.4. The molecule has 1 amide bonds. The molecule has 0 aromatic carbocycles. The van der Waals surface area contributed by atoms with Gasteiger partial charge in [0, 0.05) is 59.1 Å². The predicted molar refractivity (Wildman–Crippen MR) is 107 cm³/mol. The number of carbonyl (C=O) groups is 1. The van der Waals surface area contributed by atoms with Gasteiger partial charge >= 0.3 is 0 Å². The summed E-state index contributed by atoms with van der Waals surface area (Å²) in [5.74, 6) is 0.965. The van der Waals surface area contributed by atoms with Gasteiger partial charge in [0.25, 0.3) is 0 Å². The van der Waals surface area contributed by atoms with E-state index in [9.17, 15) is 4.79 Å². The third-order valence-electron chi connectivity index (χ3n) is 5.01. The maximum atomic E-state index is 11.5. The second-order valence-electron chi connectivity index (χ2n) is 7.16. The minimum Gasteiger partial charge on any atom is -0.381 e. The average molecular weight is 384 g/mol. The van der Waals surface area contributed by atoms with Gasteiger partial charge in [-0.05, 0) is 39.0 Å². The van der Waals surface area contributed by atoms with Crippen LogP contribution in [0.2, 0.25) is 0 Å². The van der Waals surface area contributed by atoms with Crippen LogP contribution in [0, 0.1) is 0 Å². The van der Waals surface area contributed by atoms with Crippen LogP contribution in [-0.4, -0.2) is 88.5 Å². The Labute approximate surface area is 163 Å². The lowest BCUT2D eigenvalue weighted by molar-refractivity contribution is -0.122. The summed E-state index contributed by atoms with van der Waals surface area (Å²) in [6.45, 7) is 8.44. The Balaban J connectivity index is 1.63. The van der Waals surface area contributed by atoms with Crippen molar-refractivity contribution in [2.24, 2.45) is 4.99 Å². The first-order valence-corrected chi connectivity index (χ1v) is 10.4. The Hall–Kier alpha value is -1.38. The number of nitrogens with zero attached hydrogens (tertiary/aromatic N) is 2. The van der Waals surface area contributed by atoms with Gasteiger partial charge in [0.1, 0.15) is 0 Å². The number of amides is 1. The molecule has 2 fully saturated rings. The third-order valence-corrected chi connectivity index (χ3v) is 5.01. The quantitative estimate of drug-likeness (QED) is 0.302. The molecule has 0 atom stereocenters. The van der Waals surface area contributed by atoms with Crippen molar-refractivity contribution in [2.45, 2.75) is 51.2 Å². The number of likely N-dealkylation sites (N-methyl/N-ethyl adjacent to an activating group) is 1. The zero-order chi connectivity index (χ0) is 19.3. The van der Waals surface area contributed by atoms with Gasteiger partial charge in [-0.1, -0.05) is 0 Å². The molecular formula is C19H37N5O3. The standard InChI is InChI=1S/C19H37N5O3/c1-3-21-19(22-9-4-12-27-17-7-13-26-14-8-17)23-16-5-10-24(11-6-16)15-18(25)20-2/h16-17H,3-15H2,1-2H3,(H,20,25)(H2,21,22,23). The number of hydrogen-bond donors (Lipinski definition) is 3. The van der Waals surface area contributed by atoms with Gasteiger partial charge in [0.2, 0.25) is 5.91 Å². The highest BCUT2D eigenvalue weighted by atomic mass is 16.5. The molecule has 0 aromatic rings. The highest BCUT2D eigenvalue weighted by Crippen LogP contribution is 2.11. The fraction of sp³-hybridized carbons (Fsp3) is 0.895. The van der Waals surface area contributed by atoms with Gasteiger partial charge in [0.05, 0.1) is 12.6 Å². The Morgan fingerprint density at radius 1 is 1.22 bits per heavy atom. The first-order chi connectivity index (χ1) is 13.2. The number of rotatable bonds is 9. The van der Waals surface area contributed by atoms with Crippen molar-refractivity contribution in [1.29, 1.82) is 0 Å². The van der Waals surface area contributed by atoms with Crippen LogP contribution < -0.4 is 16.0 Å². The lowest BCUT2D eigenvalue weighted by Gasteiger charge is -2.32. The molecule has 27 heavy (non-hydrogen) atoms. The molecule has 0 aromatic heterocycles. The highest BCUT2D eigenvalue weighted by Gasteiger charge is 2.21. The molecule has 2 rings (SSSR count). The van der Waals surface area contributed by atoms with Crippen molar-refractivity contribution in [1.82, 2.24) is 20.9 Å². The number of likely N-dealkylation sites (tertiary alicyclic amines) is 1. The second kappa shape index (κ2) is 12.9. The molecule has 8 heteroatoms. The van der Waals surface area contributed by atoms with Crippen LogP contribution >= 0.6 is 0 Å². The molecule has 0 spiro atoms. The van der Waals surface area contributed by atoms with Crippen molar-refractivity contribution in [3.05, 3.63) is 0 Å². The molecule has 0 aliphatic carbocycles. The van der Waals surface area contributed by atoms with E-state index in [-0.39, 0.29) is 5.91 Å². The van der Waals surface area contributed by atoms with E-state index >= 15 is 0 Å². The van der Waals surface area contributed by atoms with Crippen molar-refractivity contribution in [2.75, 3.05) is 59.6 Å². The predicted octanol–water partition coefficient (Wildman–Crippen LogP) is 0.338. The normalized spacial score (nSPS) is 20.4. The van der Waals surface area contributed by atoms with E-state index in [1.807, 2.05) is 0 Å². The van der Waals surface area contributed by atoms with E-state index in [4.69, 9.17) is 9.47 Å². The summed E-state index contributed by atoms with van der Waals surface area (Å²) in [7, 11) is 1.68. The molecule has 3 N–H and O–H groups in total. The minimum atomic E-state index is 0.0827. The van der Waals surface area contributed by atoms with E-state index in [1.54, 1.807) is 7.05 Å². The van der Waals surface area contributed by atoms with Crippen LogP contribution in [0.25, 0.3) is 0 Å². The van der Waals surface area contributed by atoms with E-state index in [0.717, 1.165) is 84.1 Å². The van der Waals surface area contributed by atoms with E-state index in [0.29, 0.717) is 18.7 Å². The molecule has 156 valence electrons. The van der Waals surface area contributed by atoms with Crippen LogP contribution in [0.3, 0.4) is 0 Å². The maximum Gasteiger partial charge on any atom is 0.233 e. The zero-order valence-electron chi connectivity index (χ0n) is 17.0. The number of carbonyl (C=O) groups excluding carboxylic acids is 1. The first kappa shape index (κ1) is 21.9. The number of aliphatic imine (C=N–C) groups is 1. The largest absolute Gasteiger partial charge is 0.381 e. The van der Waals surface area contributed by atoms with Gasteiger partial charge in [-0.25, -0.2) is 0 Å². The summed E-state index contributed by atoms with van der Waals surface area (Å²) < 4.78 is 11.2. The van der Waals surface area contributed by atoms with E-state index in [2.05, 4.69) is 32.8 Å². The zero-order valence-corrected chi connectivity index (χ0v) is 17.0. The van der Waals surface area contributed by atoms with E-state index < -0.39 is 0 Å². The van der Waals surface area contributed by atoms with Crippen molar-refractivity contribution < 1.29 is 14.3 Å². The Morgan fingerprint density at radius 3 is 2.63 bits per heavy atom. The Morgan fingerprint density at radius 2 is 1.96 bits per heavy atom. The number of piperidine rings is 1. The summed E-state index contributed by atoms with van der Waals surface area (Å²) in [6, 6.07) is 0.405. The molecular weight excluding hydrogens is 346 g/mol. The van der Waals surface area contributed by atoms with Gasteiger partial charge in [-0.3, -0.25) is 14.7 Å². The van der Waals surface area contributed by atoms with Crippen molar-refractivity contribution in [3.8, 4) is 0 Å². The van der Waals surface area contributed by atoms with Crippen LogP contribution in [0.5, 0.6) is 0 Å². The lowest BCUT2D eigenvalue weighted by Crippen LogP contribution is -2.50. The van der Waals surface area contributed by atoms with Gasteiger partial charge in [-0.2, -0.15) is 0 Å². The van der Waals surface area contributed by atoms with E-state index in [1.165, 1.54) is 0 Å². The number of ether oxygens (including phenoxy) is 2. The fourth-order valence-corrected chi connectivity index (χ4v) is 3.38. The summed E-state index contributed by atoms with van der Waals surface area (Å²) in [6.07, 6.45) is 5.34. The molecule has 2 aliphatic heterocycles. The van der Waals surface area contributed by atoms with Crippen LogP contribution in [0.15, 0.2) is 4.99 Å². The lowest BCUT2D eigenvalue weighted by atomic mass is 10.1. The SMILES string of the molecule is CCNC(=NCCCOC1CCOCC1)NC1CCN(CC(=O)NC)CC1. The van der Waals surface area contributed by atoms with Gasteiger partial charge in [0.15, 0.2) is 5.96 Å². The van der Waals surface area contributed by atoms with Gasteiger partial charge < -0.3 is 25.4 Å². The summed E-state index contributed by atoms with van der Waals surface area (Å²) >= 11 is 0. The van der Waals surface area contributed by atoms with Gasteiger partial charge in [-0.15, -0.1) is 0 Å². The Kier molecular flexibility index (Phi) is 10.5. The van der Waals surface area contributed by atoms with Crippen molar-refractivity contribution >= 4 is 11.9 Å². The summed E-state index contributed by atoms with van der Waals surface area (Å²) in [5, 5.41) is 9.55. The molecule has 0 saturated carbocycles. The molecule has 0 bridgehead atoms. The minimum absolute atomic E-state index is 0.0827. The number of nitrogens with one attached hydrogen (secondary N) is 3. The molecule has 0 radical (unpaired) electrons. The molecule has 8 nitrogen and oxygen atoms in total. The topological polar surface area (TPSA) is 87.2 Å². The van der Waals surface area contributed by atoms with Crippen molar-refractivity contribution in [3.63, 3.8) is 0 Å². The van der Waals surface area contributed by atoms with Crippen LogP contribution in [0.4, 0.5) is 0 Å². The van der Waals surface area contributed by atoms with Crippen LogP contribution in [-0.2, 0) is 14.3 Å². The second-order valence-corrected chi connectivity index (χ2v) is 7.16.